The zero-order chi connectivity index (χ0) is 13.8. The van der Waals surface area contributed by atoms with Crippen LogP contribution in [0.2, 0.25) is 0 Å². The molecule has 0 aliphatic carbocycles. The minimum atomic E-state index is -0.230. The summed E-state index contributed by atoms with van der Waals surface area (Å²) in [5.74, 6) is 0.589. The molecular formula is C15H22ClFN2O. The molecule has 0 radical (unpaired) electrons. The molecule has 2 rings (SSSR count). The van der Waals surface area contributed by atoms with Gasteiger partial charge in [0, 0.05) is 12.5 Å². The molecule has 20 heavy (non-hydrogen) atoms. The number of rotatable bonds is 5. The number of hydrogen-bond donors (Lipinski definition) is 2. The molecule has 0 saturated carbocycles. The van der Waals surface area contributed by atoms with E-state index < -0.39 is 0 Å². The summed E-state index contributed by atoms with van der Waals surface area (Å²) in [6.45, 7) is 6.46. The van der Waals surface area contributed by atoms with Crippen LogP contribution in [-0.4, -0.2) is 25.5 Å². The molecule has 0 spiro atoms. The van der Waals surface area contributed by atoms with Gasteiger partial charge in [0.2, 0.25) is 5.91 Å². The molecular weight excluding hydrogens is 279 g/mol. The van der Waals surface area contributed by atoms with E-state index in [4.69, 9.17) is 0 Å². The monoisotopic (exact) mass is 300 g/mol. The van der Waals surface area contributed by atoms with Crippen molar-refractivity contribution in [2.45, 2.75) is 19.8 Å². The van der Waals surface area contributed by atoms with Gasteiger partial charge in [-0.15, -0.1) is 12.4 Å². The van der Waals surface area contributed by atoms with Crippen molar-refractivity contribution >= 4 is 18.3 Å². The topological polar surface area (TPSA) is 41.1 Å². The Hall–Kier alpha value is -1.13. The number of nitrogens with one attached hydrogen (secondary N) is 2. The van der Waals surface area contributed by atoms with Gasteiger partial charge in [-0.1, -0.05) is 26.0 Å². The van der Waals surface area contributed by atoms with Crippen molar-refractivity contribution in [1.29, 1.82) is 0 Å². The average Bonchev–Trinajstić information content (AvgIpc) is 2.34. The largest absolute Gasteiger partial charge is 0.355 e. The maximum Gasteiger partial charge on any atom is 0.223 e. The van der Waals surface area contributed by atoms with Crippen molar-refractivity contribution in [1.82, 2.24) is 10.6 Å². The molecule has 5 heteroatoms. The summed E-state index contributed by atoms with van der Waals surface area (Å²) in [4.78, 5) is 12.0. The summed E-state index contributed by atoms with van der Waals surface area (Å²) in [5.41, 5.74) is 1.04. The van der Waals surface area contributed by atoms with E-state index in [1.165, 1.54) is 12.1 Å². The van der Waals surface area contributed by atoms with Gasteiger partial charge in [-0.3, -0.25) is 4.79 Å². The van der Waals surface area contributed by atoms with E-state index in [1.807, 2.05) is 13.8 Å². The fraction of sp³-hybridized carbons (Fsp3) is 0.533. The molecule has 2 unspecified atom stereocenters. The van der Waals surface area contributed by atoms with Crippen LogP contribution >= 0.6 is 12.4 Å². The van der Waals surface area contributed by atoms with Gasteiger partial charge < -0.3 is 10.6 Å². The standard InChI is InChI=1S/C15H21FN2O.ClH/c1-10(12-3-5-14(16)6-4-12)7-18-15(19)11(2)13-8-17-9-13;/h3-6,10-11,13,17H,7-9H2,1-2H3,(H,18,19);1H. The second-order valence-corrected chi connectivity index (χ2v) is 5.40. The van der Waals surface area contributed by atoms with E-state index in [2.05, 4.69) is 10.6 Å². The van der Waals surface area contributed by atoms with E-state index in [1.54, 1.807) is 12.1 Å². The van der Waals surface area contributed by atoms with Crippen LogP contribution in [0, 0.1) is 17.7 Å². The summed E-state index contributed by atoms with van der Waals surface area (Å²) in [7, 11) is 0. The SMILES string of the molecule is CC(CNC(=O)C(C)C1CNC1)c1ccc(F)cc1.Cl. The molecule has 1 aliphatic rings. The highest BCUT2D eigenvalue weighted by atomic mass is 35.5. The van der Waals surface area contributed by atoms with Crippen LogP contribution in [-0.2, 0) is 4.79 Å². The fourth-order valence-corrected chi connectivity index (χ4v) is 2.20. The molecule has 1 fully saturated rings. The van der Waals surface area contributed by atoms with Crippen molar-refractivity contribution in [3.05, 3.63) is 35.6 Å². The minimum absolute atomic E-state index is 0. The van der Waals surface area contributed by atoms with Gasteiger partial charge in [0.15, 0.2) is 0 Å². The molecule has 1 aromatic rings. The number of benzene rings is 1. The van der Waals surface area contributed by atoms with Crippen LogP contribution in [0.3, 0.4) is 0 Å². The summed E-state index contributed by atoms with van der Waals surface area (Å²) in [6.07, 6.45) is 0. The maximum absolute atomic E-state index is 12.8. The summed E-state index contributed by atoms with van der Waals surface area (Å²) in [6, 6.07) is 6.45. The quantitative estimate of drug-likeness (QED) is 0.876. The molecule has 1 amide bonds. The van der Waals surface area contributed by atoms with Gasteiger partial charge in [0.25, 0.3) is 0 Å². The molecule has 1 saturated heterocycles. The predicted octanol–water partition coefficient (Wildman–Crippen LogP) is 2.32. The summed E-state index contributed by atoms with van der Waals surface area (Å²) >= 11 is 0. The third kappa shape index (κ3) is 4.18. The second kappa shape index (κ2) is 7.60. The zero-order valence-electron chi connectivity index (χ0n) is 11.9. The number of carbonyl (C=O) groups excluding carboxylic acids is 1. The Labute approximate surface area is 125 Å². The van der Waals surface area contributed by atoms with Crippen molar-refractivity contribution in [3.63, 3.8) is 0 Å². The van der Waals surface area contributed by atoms with Gasteiger partial charge in [0.1, 0.15) is 5.82 Å². The van der Waals surface area contributed by atoms with E-state index >= 15 is 0 Å². The first kappa shape index (κ1) is 16.9. The molecule has 0 aromatic heterocycles. The van der Waals surface area contributed by atoms with Crippen LogP contribution < -0.4 is 10.6 Å². The lowest BCUT2D eigenvalue weighted by Gasteiger charge is -2.32. The first-order chi connectivity index (χ1) is 9.08. The molecule has 2 N–H and O–H groups in total. The van der Waals surface area contributed by atoms with Crippen molar-refractivity contribution in [2.24, 2.45) is 11.8 Å². The molecule has 1 aliphatic heterocycles. The lowest BCUT2D eigenvalue weighted by molar-refractivity contribution is -0.126. The van der Waals surface area contributed by atoms with Crippen molar-refractivity contribution < 1.29 is 9.18 Å². The minimum Gasteiger partial charge on any atom is -0.355 e. The fourth-order valence-electron chi connectivity index (χ4n) is 2.20. The first-order valence-electron chi connectivity index (χ1n) is 6.82. The Balaban J connectivity index is 0.00000200. The Bertz CT molecular complexity index is 434. The predicted molar refractivity (Wildman–Crippen MR) is 80.6 cm³/mol. The van der Waals surface area contributed by atoms with Gasteiger partial charge in [-0.25, -0.2) is 4.39 Å². The average molecular weight is 301 g/mol. The molecule has 2 atom stereocenters. The zero-order valence-corrected chi connectivity index (χ0v) is 12.7. The molecule has 3 nitrogen and oxygen atoms in total. The summed E-state index contributed by atoms with van der Waals surface area (Å²) in [5, 5.41) is 6.16. The Morgan fingerprint density at radius 1 is 1.35 bits per heavy atom. The van der Waals surface area contributed by atoms with Gasteiger partial charge in [-0.2, -0.15) is 0 Å². The van der Waals surface area contributed by atoms with E-state index in [0.717, 1.165) is 18.7 Å². The maximum atomic E-state index is 12.8. The molecule has 1 heterocycles. The first-order valence-corrected chi connectivity index (χ1v) is 6.82. The number of amides is 1. The Morgan fingerprint density at radius 2 is 1.95 bits per heavy atom. The van der Waals surface area contributed by atoms with Gasteiger partial charge >= 0.3 is 0 Å². The lowest BCUT2D eigenvalue weighted by atomic mass is 9.88. The van der Waals surface area contributed by atoms with Crippen LogP contribution in [0.5, 0.6) is 0 Å². The summed E-state index contributed by atoms with van der Waals surface area (Å²) < 4.78 is 12.8. The highest BCUT2D eigenvalue weighted by Crippen LogP contribution is 2.17. The van der Waals surface area contributed by atoms with Gasteiger partial charge in [0.05, 0.1) is 0 Å². The second-order valence-electron chi connectivity index (χ2n) is 5.40. The van der Waals surface area contributed by atoms with Gasteiger partial charge in [-0.05, 0) is 42.6 Å². The van der Waals surface area contributed by atoms with Crippen LogP contribution in [0.4, 0.5) is 4.39 Å². The van der Waals surface area contributed by atoms with E-state index in [9.17, 15) is 9.18 Å². The van der Waals surface area contributed by atoms with Crippen LogP contribution in [0.1, 0.15) is 25.3 Å². The normalized spacial score (nSPS) is 17.6. The Morgan fingerprint density at radius 3 is 2.45 bits per heavy atom. The van der Waals surface area contributed by atoms with Crippen LogP contribution in [0.15, 0.2) is 24.3 Å². The molecule has 112 valence electrons. The lowest BCUT2D eigenvalue weighted by Crippen LogP contribution is -2.49. The van der Waals surface area contributed by atoms with E-state index in [0.29, 0.717) is 12.5 Å². The molecule has 0 bridgehead atoms. The van der Waals surface area contributed by atoms with E-state index in [-0.39, 0.29) is 36.0 Å². The number of halogens is 2. The Kier molecular flexibility index (Phi) is 6.43. The third-order valence-electron chi connectivity index (χ3n) is 3.96. The number of hydrogen-bond acceptors (Lipinski definition) is 2. The highest BCUT2D eigenvalue weighted by molar-refractivity contribution is 5.85. The van der Waals surface area contributed by atoms with Crippen molar-refractivity contribution in [2.75, 3.05) is 19.6 Å². The highest BCUT2D eigenvalue weighted by Gasteiger charge is 2.28. The molecule has 1 aromatic carbocycles. The third-order valence-corrected chi connectivity index (χ3v) is 3.96. The van der Waals surface area contributed by atoms with Crippen molar-refractivity contribution in [3.8, 4) is 0 Å². The van der Waals surface area contributed by atoms with Crippen LogP contribution in [0.25, 0.3) is 0 Å². The smallest absolute Gasteiger partial charge is 0.223 e. The number of carbonyl (C=O) groups is 1.